The normalized spacial score (nSPS) is 19.4. The first-order valence-corrected chi connectivity index (χ1v) is 4.20. The van der Waals surface area contributed by atoms with Gasteiger partial charge in [-0.2, -0.15) is 5.10 Å². The van der Waals surface area contributed by atoms with Crippen molar-refractivity contribution in [1.82, 2.24) is 10.2 Å². The lowest BCUT2D eigenvalue weighted by Crippen LogP contribution is -2.42. The zero-order valence-electron chi connectivity index (χ0n) is 7.08. The fourth-order valence-corrected chi connectivity index (χ4v) is 1.71. The van der Waals surface area contributed by atoms with Crippen LogP contribution in [0.15, 0.2) is 6.07 Å². The van der Waals surface area contributed by atoms with Crippen molar-refractivity contribution in [2.75, 3.05) is 5.73 Å². The van der Waals surface area contributed by atoms with E-state index in [4.69, 9.17) is 10.8 Å². The van der Waals surface area contributed by atoms with Gasteiger partial charge in [0.1, 0.15) is 11.2 Å². The van der Waals surface area contributed by atoms with Gasteiger partial charge in [0.15, 0.2) is 0 Å². The third-order valence-electron chi connectivity index (χ3n) is 2.73. The largest absolute Gasteiger partial charge is 0.481 e. The first-order valence-electron chi connectivity index (χ1n) is 4.20. The molecule has 0 aliphatic heterocycles. The van der Waals surface area contributed by atoms with Gasteiger partial charge in [-0.1, -0.05) is 6.42 Å². The maximum atomic E-state index is 11.0. The molecule has 1 fully saturated rings. The summed E-state index contributed by atoms with van der Waals surface area (Å²) in [6, 6.07) is 1.60. The van der Waals surface area contributed by atoms with E-state index in [1.165, 1.54) is 0 Å². The predicted molar refractivity (Wildman–Crippen MR) is 46.2 cm³/mol. The second kappa shape index (κ2) is 2.48. The molecule has 0 amide bonds. The maximum absolute atomic E-state index is 11.0. The van der Waals surface area contributed by atoms with Crippen LogP contribution in [0.1, 0.15) is 25.0 Å². The summed E-state index contributed by atoms with van der Waals surface area (Å²) in [5.41, 5.74) is 5.30. The van der Waals surface area contributed by atoms with Crippen LogP contribution in [0.3, 0.4) is 0 Å². The Bertz CT molecular complexity index is 341. The smallest absolute Gasteiger partial charge is 0.315 e. The number of carbonyl (C=O) groups is 1. The Labute approximate surface area is 74.9 Å². The molecule has 5 nitrogen and oxygen atoms in total. The van der Waals surface area contributed by atoms with E-state index >= 15 is 0 Å². The van der Waals surface area contributed by atoms with Gasteiger partial charge in [-0.25, -0.2) is 0 Å². The molecule has 1 aliphatic rings. The first kappa shape index (κ1) is 8.10. The summed E-state index contributed by atoms with van der Waals surface area (Å²) in [7, 11) is 0. The summed E-state index contributed by atoms with van der Waals surface area (Å²) in [5.74, 6) is -0.440. The van der Waals surface area contributed by atoms with Crippen molar-refractivity contribution < 1.29 is 9.90 Å². The highest BCUT2D eigenvalue weighted by Crippen LogP contribution is 2.43. The Kier molecular flexibility index (Phi) is 1.55. The standard InChI is InChI=1S/C8H11N3O2/c9-6-4-5(10-11-6)8(7(12)13)2-1-3-8/h4H,1-3H2,(H,12,13)(H3,9,10,11). The summed E-state index contributed by atoms with van der Waals surface area (Å²) in [6.07, 6.45) is 2.29. The summed E-state index contributed by atoms with van der Waals surface area (Å²) in [6.45, 7) is 0. The van der Waals surface area contributed by atoms with Crippen molar-refractivity contribution in [2.45, 2.75) is 24.7 Å². The third kappa shape index (κ3) is 0.998. The Morgan fingerprint density at radius 3 is 2.69 bits per heavy atom. The van der Waals surface area contributed by atoms with Gasteiger partial charge in [-0.3, -0.25) is 9.89 Å². The first-order chi connectivity index (χ1) is 6.15. The highest BCUT2D eigenvalue weighted by atomic mass is 16.4. The van der Waals surface area contributed by atoms with Gasteiger partial charge >= 0.3 is 5.97 Å². The maximum Gasteiger partial charge on any atom is 0.315 e. The van der Waals surface area contributed by atoms with E-state index in [-0.39, 0.29) is 0 Å². The zero-order valence-corrected chi connectivity index (χ0v) is 7.08. The van der Waals surface area contributed by atoms with Crippen molar-refractivity contribution in [3.8, 4) is 0 Å². The van der Waals surface area contributed by atoms with Gasteiger partial charge in [0.2, 0.25) is 0 Å². The number of aliphatic carboxylic acids is 1. The fourth-order valence-electron chi connectivity index (χ4n) is 1.71. The average molecular weight is 181 g/mol. The number of aromatic amines is 1. The highest BCUT2D eigenvalue weighted by Gasteiger charge is 2.47. The number of H-pyrrole nitrogens is 1. The number of hydrogen-bond donors (Lipinski definition) is 3. The number of nitrogens with one attached hydrogen (secondary N) is 1. The molecule has 0 saturated heterocycles. The fraction of sp³-hybridized carbons (Fsp3) is 0.500. The van der Waals surface area contributed by atoms with Gasteiger partial charge in [-0.05, 0) is 12.8 Å². The molecule has 0 bridgehead atoms. The van der Waals surface area contributed by atoms with Crippen LogP contribution >= 0.6 is 0 Å². The SMILES string of the molecule is Nc1cc(C2(C(=O)O)CCC2)[nH]n1. The topological polar surface area (TPSA) is 92.0 Å². The quantitative estimate of drug-likeness (QED) is 0.619. The summed E-state index contributed by atoms with van der Waals surface area (Å²) >= 11 is 0. The zero-order chi connectivity index (χ0) is 9.47. The number of carboxylic acid groups (broad SMARTS) is 1. The van der Waals surface area contributed by atoms with Gasteiger partial charge in [-0.15, -0.1) is 0 Å². The average Bonchev–Trinajstić information content (AvgIpc) is 2.32. The van der Waals surface area contributed by atoms with Gasteiger partial charge in [0, 0.05) is 6.07 Å². The van der Waals surface area contributed by atoms with Crippen LogP contribution < -0.4 is 5.73 Å². The highest BCUT2D eigenvalue weighted by molar-refractivity contribution is 5.82. The van der Waals surface area contributed by atoms with Crippen LogP contribution in [0.4, 0.5) is 5.82 Å². The molecule has 70 valence electrons. The molecule has 0 atom stereocenters. The Hall–Kier alpha value is -1.52. The Balaban J connectivity index is 2.37. The van der Waals surface area contributed by atoms with Crippen molar-refractivity contribution in [1.29, 1.82) is 0 Å². The van der Waals surface area contributed by atoms with Crippen molar-refractivity contribution in [2.24, 2.45) is 0 Å². The molecule has 1 aromatic rings. The second-order valence-electron chi connectivity index (χ2n) is 3.45. The number of nitrogen functional groups attached to an aromatic ring is 1. The van der Waals surface area contributed by atoms with Crippen molar-refractivity contribution in [3.63, 3.8) is 0 Å². The molecule has 0 aromatic carbocycles. The van der Waals surface area contributed by atoms with Gasteiger partial charge < -0.3 is 10.8 Å². The lowest BCUT2D eigenvalue weighted by atomic mass is 9.67. The minimum absolute atomic E-state index is 0.350. The predicted octanol–water partition coefficient (Wildman–Crippen LogP) is 0.498. The van der Waals surface area contributed by atoms with E-state index in [1.807, 2.05) is 0 Å². The van der Waals surface area contributed by atoms with E-state index in [0.717, 1.165) is 6.42 Å². The van der Waals surface area contributed by atoms with Crippen LogP contribution in [-0.2, 0) is 10.2 Å². The number of rotatable bonds is 2. The molecule has 1 heterocycles. The molecular formula is C8H11N3O2. The Morgan fingerprint density at radius 1 is 1.69 bits per heavy atom. The van der Waals surface area contributed by atoms with E-state index in [1.54, 1.807) is 6.07 Å². The van der Waals surface area contributed by atoms with Crippen LogP contribution in [0.2, 0.25) is 0 Å². The molecular weight excluding hydrogens is 170 g/mol. The monoisotopic (exact) mass is 181 g/mol. The molecule has 4 N–H and O–H groups in total. The van der Waals surface area contributed by atoms with Gasteiger partial charge in [0.25, 0.3) is 0 Å². The molecule has 0 radical (unpaired) electrons. The minimum Gasteiger partial charge on any atom is -0.481 e. The van der Waals surface area contributed by atoms with E-state index in [9.17, 15) is 4.79 Å². The molecule has 2 rings (SSSR count). The summed E-state index contributed by atoms with van der Waals surface area (Å²) in [5, 5.41) is 15.5. The van der Waals surface area contributed by atoms with Crippen LogP contribution in [0.5, 0.6) is 0 Å². The van der Waals surface area contributed by atoms with Crippen LogP contribution in [0.25, 0.3) is 0 Å². The summed E-state index contributed by atoms with van der Waals surface area (Å²) in [4.78, 5) is 11.0. The number of nitrogens with zero attached hydrogens (tertiary/aromatic N) is 1. The van der Waals surface area contributed by atoms with E-state index in [0.29, 0.717) is 24.4 Å². The number of carboxylic acids is 1. The van der Waals surface area contributed by atoms with E-state index < -0.39 is 11.4 Å². The lowest BCUT2D eigenvalue weighted by molar-refractivity contribution is -0.147. The lowest BCUT2D eigenvalue weighted by Gasteiger charge is -2.36. The van der Waals surface area contributed by atoms with Crippen LogP contribution in [-0.4, -0.2) is 21.3 Å². The third-order valence-corrected chi connectivity index (χ3v) is 2.73. The van der Waals surface area contributed by atoms with E-state index in [2.05, 4.69) is 10.2 Å². The van der Waals surface area contributed by atoms with Crippen molar-refractivity contribution >= 4 is 11.8 Å². The molecule has 1 saturated carbocycles. The van der Waals surface area contributed by atoms with Crippen molar-refractivity contribution in [3.05, 3.63) is 11.8 Å². The summed E-state index contributed by atoms with van der Waals surface area (Å²) < 4.78 is 0. The molecule has 1 aliphatic carbocycles. The number of nitrogens with two attached hydrogens (primary N) is 1. The molecule has 0 unspecified atom stereocenters. The minimum atomic E-state index is -0.789. The second-order valence-corrected chi connectivity index (χ2v) is 3.45. The molecule has 13 heavy (non-hydrogen) atoms. The number of anilines is 1. The van der Waals surface area contributed by atoms with Gasteiger partial charge in [0.05, 0.1) is 5.69 Å². The Morgan fingerprint density at radius 2 is 2.38 bits per heavy atom. The molecule has 5 heteroatoms. The van der Waals surface area contributed by atoms with Crippen LogP contribution in [0, 0.1) is 0 Å². The number of aromatic nitrogens is 2. The molecule has 0 spiro atoms. The molecule has 1 aromatic heterocycles. The number of hydrogen-bond acceptors (Lipinski definition) is 3.